The van der Waals surface area contributed by atoms with Gasteiger partial charge in [0.15, 0.2) is 0 Å². The second-order valence-corrected chi connectivity index (χ2v) is 4.08. The zero-order valence-electron chi connectivity index (χ0n) is 9.56. The molecule has 1 N–H and O–H groups in total. The predicted molar refractivity (Wildman–Crippen MR) is 59.2 cm³/mol. The van der Waals surface area contributed by atoms with Crippen LogP contribution in [0.25, 0.3) is 0 Å². The number of aromatic nitrogens is 1. The fourth-order valence-electron chi connectivity index (χ4n) is 1.82. The van der Waals surface area contributed by atoms with Crippen LogP contribution in [0.3, 0.4) is 0 Å². The van der Waals surface area contributed by atoms with Gasteiger partial charge in [-0.2, -0.15) is 0 Å². The second kappa shape index (κ2) is 5.93. The molecule has 0 aliphatic carbocycles. The molecule has 0 amide bonds. The molecule has 2 heterocycles. The van der Waals surface area contributed by atoms with Gasteiger partial charge in [-0.25, -0.2) is 9.37 Å². The molecule has 0 bridgehead atoms. The molecule has 0 saturated carbocycles. The fourth-order valence-corrected chi connectivity index (χ4v) is 1.82. The highest BCUT2D eigenvalue weighted by molar-refractivity contribution is 5.25. The zero-order valence-corrected chi connectivity index (χ0v) is 9.56. The quantitative estimate of drug-likeness (QED) is 0.871. The van der Waals surface area contributed by atoms with Crippen LogP contribution in [-0.4, -0.2) is 29.4 Å². The van der Waals surface area contributed by atoms with Gasteiger partial charge in [0.25, 0.3) is 0 Å². The van der Waals surface area contributed by atoms with Gasteiger partial charge in [-0.3, -0.25) is 0 Å². The Morgan fingerprint density at radius 2 is 2.41 bits per heavy atom. The summed E-state index contributed by atoms with van der Waals surface area (Å²) in [4.78, 5) is 3.82. The summed E-state index contributed by atoms with van der Waals surface area (Å²) in [5, 5.41) is 9.06. The maximum atomic E-state index is 12.9. The van der Waals surface area contributed by atoms with Gasteiger partial charge >= 0.3 is 0 Å². The van der Waals surface area contributed by atoms with Gasteiger partial charge in [-0.1, -0.05) is 0 Å². The Bertz CT molecular complexity index is 367. The molecule has 5 heteroatoms. The number of hydrogen-bond acceptors (Lipinski definition) is 4. The second-order valence-electron chi connectivity index (χ2n) is 4.08. The Morgan fingerprint density at radius 3 is 3.12 bits per heavy atom. The molecule has 0 aromatic carbocycles. The van der Waals surface area contributed by atoms with Gasteiger partial charge in [0.2, 0.25) is 5.88 Å². The Labute approximate surface area is 99.4 Å². The number of hydrogen-bond donors (Lipinski definition) is 1. The summed E-state index contributed by atoms with van der Waals surface area (Å²) in [6, 6.07) is 1.23. The van der Waals surface area contributed by atoms with E-state index in [0.717, 1.165) is 32.1 Å². The van der Waals surface area contributed by atoms with Crippen molar-refractivity contribution in [1.82, 2.24) is 4.98 Å². The summed E-state index contributed by atoms with van der Waals surface area (Å²) >= 11 is 0. The Balaban J connectivity index is 1.93. The molecule has 1 aliphatic heterocycles. The van der Waals surface area contributed by atoms with Crippen LogP contribution >= 0.6 is 0 Å². The molecule has 1 unspecified atom stereocenters. The SMILES string of the molecule is OCc1cc(F)cnc1OCC1CCCCO1. The normalized spacial score (nSPS) is 20.2. The summed E-state index contributed by atoms with van der Waals surface area (Å²) in [6.45, 7) is 0.870. The minimum absolute atomic E-state index is 0.0714. The van der Waals surface area contributed by atoms with Gasteiger partial charge in [-0.15, -0.1) is 0 Å². The first kappa shape index (κ1) is 12.3. The Kier molecular flexibility index (Phi) is 4.28. The topological polar surface area (TPSA) is 51.6 Å². The number of aliphatic hydroxyl groups excluding tert-OH is 1. The van der Waals surface area contributed by atoms with Crippen molar-refractivity contribution in [2.75, 3.05) is 13.2 Å². The summed E-state index contributed by atoms with van der Waals surface area (Å²) in [5.74, 6) is -0.196. The first-order valence-corrected chi connectivity index (χ1v) is 5.79. The number of aliphatic hydroxyl groups is 1. The van der Waals surface area contributed by atoms with E-state index in [4.69, 9.17) is 14.6 Å². The van der Waals surface area contributed by atoms with E-state index in [2.05, 4.69) is 4.98 Å². The van der Waals surface area contributed by atoms with E-state index in [1.807, 2.05) is 0 Å². The number of rotatable bonds is 4. The van der Waals surface area contributed by atoms with Crippen LogP contribution in [0.5, 0.6) is 5.88 Å². The van der Waals surface area contributed by atoms with Crippen molar-refractivity contribution < 1.29 is 19.0 Å². The Morgan fingerprint density at radius 1 is 1.53 bits per heavy atom. The molecule has 1 aromatic heterocycles. The lowest BCUT2D eigenvalue weighted by atomic mass is 10.1. The van der Waals surface area contributed by atoms with Crippen molar-refractivity contribution in [3.63, 3.8) is 0 Å². The minimum Gasteiger partial charge on any atom is -0.475 e. The molecular formula is C12H16FNO3. The van der Waals surface area contributed by atoms with E-state index >= 15 is 0 Å². The highest BCUT2D eigenvalue weighted by Crippen LogP contribution is 2.18. The first-order valence-electron chi connectivity index (χ1n) is 5.79. The number of nitrogens with zero attached hydrogens (tertiary/aromatic N) is 1. The molecule has 0 spiro atoms. The van der Waals surface area contributed by atoms with Crippen molar-refractivity contribution in [1.29, 1.82) is 0 Å². The van der Waals surface area contributed by atoms with Crippen molar-refractivity contribution in [2.24, 2.45) is 0 Å². The lowest BCUT2D eigenvalue weighted by molar-refractivity contribution is -0.0123. The van der Waals surface area contributed by atoms with Gasteiger partial charge in [0.05, 0.1) is 18.9 Å². The summed E-state index contributed by atoms with van der Waals surface area (Å²) in [6.07, 6.45) is 4.35. The maximum absolute atomic E-state index is 12.9. The zero-order chi connectivity index (χ0) is 12.1. The molecule has 1 saturated heterocycles. The number of halogens is 1. The molecule has 17 heavy (non-hydrogen) atoms. The lowest BCUT2D eigenvalue weighted by Crippen LogP contribution is -2.26. The average molecular weight is 241 g/mol. The van der Waals surface area contributed by atoms with E-state index in [0.29, 0.717) is 12.2 Å². The Hall–Kier alpha value is -1.20. The minimum atomic E-state index is -0.477. The third-order valence-corrected chi connectivity index (χ3v) is 2.74. The van der Waals surface area contributed by atoms with Crippen LogP contribution in [0.4, 0.5) is 4.39 Å². The van der Waals surface area contributed by atoms with E-state index < -0.39 is 5.82 Å². The van der Waals surface area contributed by atoms with Crippen molar-refractivity contribution in [3.05, 3.63) is 23.6 Å². The summed E-state index contributed by atoms with van der Waals surface area (Å²) in [5.41, 5.74) is 0.362. The highest BCUT2D eigenvalue weighted by Gasteiger charge is 2.15. The standard InChI is InChI=1S/C12H16FNO3/c13-10-5-9(7-15)12(14-6-10)17-8-11-3-1-2-4-16-11/h5-6,11,15H,1-4,7-8H2. The van der Waals surface area contributed by atoms with Crippen molar-refractivity contribution in [3.8, 4) is 5.88 Å². The molecule has 1 fully saturated rings. The number of pyridine rings is 1. The molecule has 1 aromatic rings. The van der Waals surface area contributed by atoms with E-state index in [1.165, 1.54) is 6.07 Å². The molecule has 94 valence electrons. The number of ether oxygens (including phenoxy) is 2. The molecule has 4 nitrogen and oxygen atoms in total. The molecular weight excluding hydrogens is 225 g/mol. The highest BCUT2D eigenvalue weighted by atomic mass is 19.1. The summed E-state index contributed by atoms with van der Waals surface area (Å²) < 4.78 is 23.8. The van der Waals surface area contributed by atoms with Crippen LogP contribution in [0.2, 0.25) is 0 Å². The fraction of sp³-hybridized carbons (Fsp3) is 0.583. The first-order chi connectivity index (χ1) is 8.29. The van der Waals surface area contributed by atoms with Crippen molar-refractivity contribution >= 4 is 0 Å². The van der Waals surface area contributed by atoms with Gasteiger partial charge < -0.3 is 14.6 Å². The van der Waals surface area contributed by atoms with Crippen LogP contribution in [0.1, 0.15) is 24.8 Å². The van der Waals surface area contributed by atoms with Crippen LogP contribution in [-0.2, 0) is 11.3 Å². The largest absolute Gasteiger partial charge is 0.475 e. The maximum Gasteiger partial charge on any atom is 0.219 e. The van der Waals surface area contributed by atoms with E-state index in [1.54, 1.807) is 0 Å². The van der Waals surface area contributed by atoms with E-state index in [-0.39, 0.29) is 18.6 Å². The van der Waals surface area contributed by atoms with Crippen LogP contribution in [0, 0.1) is 5.82 Å². The summed E-state index contributed by atoms with van der Waals surface area (Å²) in [7, 11) is 0. The molecule has 1 aliphatic rings. The molecule has 1 atom stereocenters. The monoisotopic (exact) mass is 241 g/mol. The van der Waals surface area contributed by atoms with Crippen LogP contribution < -0.4 is 4.74 Å². The van der Waals surface area contributed by atoms with Crippen molar-refractivity contribution in [2.45, 2.75) is 32.0 Å². The predicted octanol–water partition coefficient (Wildman–Crippen LogP) is 1.66. The third-order valence-electron chi connectivity index (χ3n) is 2.74. The van der Waals surface area contributed by atoms with Gasteiger partial charge in [-0.05, 0) is 25.3 Å². The molecule has 2 rings (SSSR count). The van der Waals surface area contributed by atoms with Gasteiger partial charge in [0.1, 0.15) is 12.4 Å². The van der Waals surface area contributed by atoms with Gasteiger partial charge in [0, 0.05) is 12.2 Å². The van der Waals surface area contributed by atoms with Crippen LogP contribution in [0.15, 0.2) is 12.3 Å². The smallest absolute Gasteiger partial charge is 0.219 e. The average Bonchev–Trinajstić information content (AvgIpc) is 2.38. The molecule has 0 radical (unpaired) electrons. The lowest BCUT2D eigenvalue weighted by Gasteiger charge is -2.22. The third kappa shape index (κ3) is 3.38. The van der Waals surface area contributed by atoms with E-state index in [9.17, 15) is 4.39 Å².